The van der Waals surface area contributed by atoms with E-state index >= 15 is 0 Å². The van der Waals surface area contributed by atoms with Crippen molar-refractivity contribution in [1.82, 2.24) is 0 Å². The van der Waals surface area contributed by atoms with E-state index in [1.807, 2.05) is 24.3 Å². The van der Waals surface area contributed by atoms with Crippen molar-refractivity contribution < 1.29 is 9.66 Å². The summed E-state index contributed by atoms with van der Waals surface area (Å²) in [6.07, 6.45) is 0. The van der Waals surface area contributed by atoms with E-state index in [1.165, 1.54) is 6.07 Å². The monoisotopic (exact) mass is 287 g/mol. The third-order valence-electron chi connectivity index (χ3n) is 3.00. The lowest BCUT2D eigenvalue weighted by atomic mass is 10.1. The average Bonchev–Trinajstić information content (AvgIpc) is 2.47. The zero-order valence-corrected chi connectivity index (χ0v) is 11.7. The Kier molecular flexibility index (Phi) is 4.73. The SMILES string of the molecule is Cc1c(Nc2cccc(OCCN)c2)cccc1[N+](=O)[O-]. The summed E-state index contributed by atoms with van der Waals surface area (Å²) in [6, 6.07) is 12.3. The van der Waals surface area contributed by atoms with Crippen molar-refractivity contribution in [3.63, 3.8) is 0 Å². The van der Waals surface area contributed by atoms with Gasteiger partial charge in [0.1, 0.15) is 12.4 Å². The predicted octanol–water partition coefficient (Wildman–Crippen LogP) is 2.98. The molecule has 0 unspecified atom stereocenters. The van der Waals surface area contributed by atoms with Crippen LogP contribution >= 0.6 is 0 Å². The van der Waals surface area contributed by atoms with Crippen molar-refractivity contribution in [3.8, 4) is 5.75 Å². The Morgan fingerprint density at radius 2 is 2.05 bits per heavy atom. The average molecular weight is 287 g/mol. The van der Waals surface area contributed by atoms with Crippen LogP contribution in [0, 0.1) is 17.0 Å². The molecule has 0 bridgehead atoms. The molecule has 0 amide bonds. The third-order valence-corrected chi connectivity index (χ3v) is 3.00. The minimum atomic E-state index is -0.388. The Morgan fingerprint density at radius 3 is 2.76 bits per heavy atom. The number of ether oxygens (including phenoxy) is 1. The Bertz CT molecular complexity index is 644. The lowest BCUT2D eigenvalue weighted by Crippen LogP contribution is -2.10. The standard InChI is InChI=1S/C15H17N3O3/c1-11-14(6-3-7-15(11)18(19)20)17-12-4-2-5-13(10-12)21-9-8-16/h2-7,10,17H,8-9,16H2,1H3. The summed E-state index contributed by atoms with van der Waals surface area (Å²) in [7, 11) is 0. The molecule has 0 aliphatic heterocycles. The fraction of sp³-hybridized carbons (Fsp3) is 0.200. The van der Waals surface area contributed by atoms with Crippen LogP contribution in [0.5, 0.6) is 5.75 Å². The maximum atomic E-state index is 10.9. The van der Waals surface area contributed by atoms with Gasteiger partial charge in [-0.15, -0.1) is 0 Å². The minimum Gasteiger partial charge on any atom is -0.492 e. The van der Waals surface area contributed by atoms with E-state index in [2.05, 4.69) is 5.32 Å². The van der Waals surface area contributed by atoms with E-state index in [0.717, 1.165) is 5.69 Å². The fourth-order valence-electron chi connectivity index (χ4n) is 1.95. The summed E-state index contributed by atoms with van der Waals surface area (Å²) in [5, 5.41) is 14.1. The fourth-order valence-corrected chi connectivity index (χ4v) is 1.95. The highest BCUT2D eigenvalue weighted by atomic mass is 16.6. The molecule has 0 radical (unpaired) electrons. The van der Waals surface area contributed by atoms with Crippen molar-refractivity contribution >= 4 is 17.1 Å². The molecule has 0 spiro atoms. The zero-order chi connectivity index (χ0) is 15.2. The minimum absolute atomic E-state index is 0.0931. The molecule has 21 heavy (non-hydrogen) atoms. The Hall–Kier alpha value is -2.60. The zero-order valence-electron chi connectivity index (χ0n) is 11.7. The van der Waals surface area contributed by atoms with Crippen LogP contribution in [-0.4, -0.2) is 18.1 Å². The Balaban J connectivity index is 2.22. The molecule has 2 rings (SSSR count). The number of rotatable bonds is 6. The van der Waals surface area contributed by atoms with Crippen LogP contribution in [-0.2, 0) is 0 Å². The number of nitro benzene ring substituents is 1. The first-order chi connectivity index (χ1) is 10.1. The molecule has 110 valence electrons. The number of anilines is 2. The van der Waals surface area contributed by atoms with E-state index in [9.17, 15) is 10.1 Å². The number of nitrogens with zero attached hydrogens (tertiary/aromatic N) is 1. The van der Waals surface area contributed by atoms with Crippen LogP contribution in [0.15, 0.2) is 42.5 Å². The van der Waals surface area contributed by atoms with Gasteiger partial charge in [0.2, 0.25) is 0 Å². The number of benzene rings is 2. The summed E-state index contributed by atoms with van der Waals surface area (Å²) in [4.78, 5) is 10.6. The van der Waals surface area contributed by atoms with Gasteiger partial charge in [0.25, 0.3) is 5.69 Å². The van der Waals surface area contributed by atoms with E-state index in [4.69, 9.17) is 10.5 Å². The quantitative estimate of drug-likeness (QED) is 0.629. The topological polar surface area (TPSA) is 90.4 Å². The summed E-state index contributed by atoms with van der Waals surface area (Å²) >= 11 is 0. The van der Waals surface area contributed by atoms with E-state index in [0.29, 0.717) is 30.2 Å². The second-order valence-corrected chi connectivity index (χ2v) is 4.50. The number of hydrogen-bond donors (Lipinski definition) is 2. The third kappa shape index (κ3) is 3.70. The van der Waals surface area contributed by atoms with Crippen molar-refractivity contribution in [1.29, 1.82) is 0 Å². The molecule has 3 N–H and O–H groups in total. The van der Waals surface area contributed by atoms with Crippen molar-refractivity contribution in [2.24, 2.45) is 5.73 Å². The second kappa shape index (κ2) is 6.71. The second-order valence-electron chi connectivity index (χ2n) is 4.50. The van der Waals surface area contributed by atoms with Gasteiger partial charge in [-0.1, -0.05) is 12.1 Å². The van der Waals surface area contributed by atoms with E-state index in [1.54, 1.807) is 19.1 Å². The predicted molar refractivity (Wildman–Crippen MR) is 82.1 cm³/mol. The number of hydrogen-bond acceptors (Lipinski definition) is 5. The maximum absolute atomic E-state index is 10.9. The molecule has 2 aromatic carbocycles. The van der Waals surface area contributed by atoms with Gasteiger partial charge in [-0.05, 0) is 25.1 Å². The lowest BCUT2D eigenvalue weighted by molar-refractivity contribution is -0.385. The molecule has 6 nitrogen and oxygen atoms in total. The van der Waals surface area contributed by atoms with E-state index in [-0.39, 0.29) is 10.6 Å². The van der Waals surface area contributed by atoms with Crippen LogP contribution < -0.4 is 15.8 Å². The highest BCUT2D eigenvalue weighted by molar-refractivity contribution is 5.68. The highest BCUT2D eigenvalue weighted by Crippen LogP contribution is 2.28. The molecule has 0 aliphatic carbocycles. The first-order valence-electron chi connectivity index (χ1n) is 6.56. The summed E-state index contributed by atoms with van der Waals surface area (Å²) < 4.78 is 5.45. The first kappa shape index (κ1) is 14.8. The van der Waals surface area contributed by atoms with Crippen LogP contribution in [0.3, 0.4) is 0 Å². The molecular weight excluding hydrogens is 270 g/mol. The van der Waals surface area contributed by atoms with Gasteiger partial charge in [-0.25, -0.2) is 0 Å². The Labute approximate surface area is 122 Å². The summed E-state index contributed by atoms with van der Waals surface area (Å²) in [5.74, 6) is 0.702. The maximum Gasteiger partial charge on any atom is 0.274 e. The molecule has 0 atom stereocenters. The molecule has 0 fully saturated rings. The van der Waals surface area contributed by atoms with Crippen LogP contribution in [0.2, 0.25) is 0 Å². The van der Waals surface area contributed by atoms with Crippen molar-refractivity contribution in [3.05, 3.63) is 58.1 Å². The van der Waals surface area contributed by atoms with Crippen LogP contribution in [0.25, 0.3) is 0 Å². The van der Waals surface area contributed by atoms with Gasteiger partial charge < -0.3 is 15.8 Å². The lowest BCUT2D eigenvalue weighted by Gasteiger charge is -2.11. The van der Waals surface area contributed by atoms with Gasteiger partial charge >= 0.3 is 0 Å². The van der Waals surface area contributed by atoms with Gasteiger partial charge in [-0.3, -0.25) is 10.1 Å². The normalized spacial score (nSPS) is 10.2. The molecule has 6 heteroatoms. The molecule has 0 aliphatic rings. The molecule has 0 heterocycles. The van der Waals surface area contributed by atoms with Crippen molar-refractivity contribution in [2.75, 3.05) is 18.5 Å². The molecule has 0 saturated carbocycles. The largest absolute Gasteiger partial charge is 0.492 e. The van der Waals surface area contributed by atoms with Gasteiger partial charge in [0, 0.05) is 30.1 Å². The molecule has 0 saturated heterocycles. The van der Waals surface area contributed by atoms with Gasteiger partial charge in [0.15, 0.2) is 0 Å². The first-order valence-corrected chi connectivity index (χ1v) is 6.56. The summed E-state index contributed by atoms with van der Waals surface area (Å²) in [5.41, 5.74) is 7.58. The van der Waals surface area contributed by atoms with Crippen LogP contribution in [0.4, 0.5) is 17.1 Å². The van der Waals surface area contributed by atoms with Gasteiger partial charge in [-0.2, -0.15) is 0 Å². The van der Waals surface area contributed by atoms with Crippen molar-refractivity contribution in [2.45, 2.75) is 6.92 Å². The molecule has 2 aromatic rings. The number of nitrogens with one attached hydrogen (secondary N) is 1. The number of nitrogens with two attached hydrogens (primary N) is 1. The summed E-state index contributed by atoms with van der Waals surface area (Å²) in [6.45, 7) is 2.61. The molecular formula is C15H17N3O3. The van der Waals surface area contributed by atoms with E-state index < -0.39 is 0 Å². The number of nitro groups is 1. The molecule has 0 aromatic heterocycles. The smallest absolute Gasteiger partial charge is 0.274 e. The van der Waals surface area contributed by atoms with Crippen LogP contribution in [0.1, 0.15) is 5.56 Å². The highest BCUT2D eigenvalue weighted by Gasteiger charge is 2.13. The Morgan fingerprint density at radius 1 is 1.29 bits per heavy atom. The van der Waals surface area contributed by atoms with Gasteiger partial charge in [0.05, 0.1) is 10.5 Å².